The summed E-state index contributed by atoms with van der Waals surface area (Å²) in [6, 6.07) is 14.3. The lowest BCUT2D eigenvalue weighted by atomic mass is 9.87. The van der Waals surface area contributed by atoms with Gasteiger partial charge in [0.1, 0.15) is 5.75 Å². The lowest BCUT2D eigenvalue weighted by Crippen LogP contribution is -2.24. The molecule has 2 N–H and O–H groups in total. The maximum atomic E-state index is 12.0. The van der Waals surface area contributed by atoms with E-state index in [1.807, 2.05) is 31.2 Å². The number of ether oxygens (including phenoxy) is 2. The average molecular weight is 427 g/mol. The molecule has 0 bridgehead atoms. The average Bonchev–Trinajstić information content (AvgIpc) is 2.72. The zero-order valence-corrected chi connectivity index (χ0v) is 18.5. The second-order valence-corrected chi connectivity index (χ2v) is 8.02. The summed E-state index contributed by atoms with van der Waals surface area (Å²) in [5, 5.41) is 5.30. The van der Waals surface area contributed by atoms with Crippen molar-refractivity contribution in [2.45, 2.75) is 39.5 Å². The van der Waals surface area contributed by atoms with E-state index >= 15 is 0 Å². The zero-order valence-electron chi connectivity index (χ0n) is 18.5. The minimum absolute atomic E-state index is 0.0287. The molecule has 2 rings (SSSR count). The van der Waals surface area contributed by atoms with E-state index in [1.165, 1.54) is 5.56 Å². The van der Waals surface area contributed by atoms with Gasteiger partial charge in [-0.1, -0.05) is 39.0 Å². The Bertz CT molecular complexity index is 901. The third-order valence-electron chi connectivity index (χ3n) is 4.41. The van der Waals surface area contributed by atoms with E-state index in [4.69, 9.17) is 9.47 Å². The van der Waals surface area contributed by atoms with Gasteiger partial charge in [0.2, 0.25) is 0 Å². The first-order valence-electron chi connectivity index (χ1n) is 10.3. The molecular formula is C24H30N2O5. The van der Waals surface area contributed by atoms with E-state index < -0.39 is 18.5 Å². The van der Waals surface area contributed by atoms with Gasteiger partial charge in [0.15, 0.2) is 6.61 Å². The van der Waals surface area contributed by atoms with Crippen molar-refractivity contribution < 1.29 is 23.9 Å². The summed E-state index contributed by atoms with van der Waals surface area (Å²) in [5.41, 5.74) is 2.14. The van der Waals surface area contributed by atoms with E-state index in [1.54, 1.807) is 24.3 Å². The lowest BCUT2D eigenvalue weighted by molar-refractivity contribution is -0.147. The molecule has 0 heterocycles. The van der Waals surface area contributed by atoms with E-state index in [2.05, 4.69) is 31.4 Å². The van der Waals surface area contributed by atoms with Crippen LogP contribution in [0.25, 0.3) is 0 Å². The molecule has 2 aromatic carbocycles. The summed E-state index contributed by atoms with van der Waals surface area (Å²) in [7, 11) is 0. The molecule has 0 atom stereocenters. The fourth-order valence-corrected chi connectivity index (χ4v) is 2.72. The van der Waals surface area contributed by atoms with Crippen LogP contribution < -0.4 is 15.4 Å². The van der Waals surface area contributed by atoms with Crippen LogP contribution in [-0.4, -0.2) is 37.5 Å². The number of anilines is 1. The van der Waals surface area contributed by atoms with Crippen LogP contribution in [0.1, 0.15) is 50.0 Å². The number of amides is 2. The number of carbonyl (C=O) groups excluding carboxylic acids is 3. The minimum atomic E-state index is -0.530. The van der Waals surface area contributed by atoms with Crippen LogP contribution in [0.15, 0.2) is 48.5 Å². The Morgan fingerprint density at radius 2 is 1.71 bits per heavy atom. The summed E-state index contributed by atoms with van der Waals surface area (Å²) < 4.78 is 10.5. The highest BCUT2D eigenvalue weighted by Gasteiger charge is 2.13. The number of esters is 1. The van der Waals surface area contributed by atoms with Crippen LogP contribution in [0.5, 0.6) is 5.75 Å². The molecule has 7 nitrogen and oxygen atoms in total. The molecule has 7 heteroatoms. The highest BCUT2D eigenvalue weighted by Crippen LogP contribution is 2.24. The van der Waals surface area contributed by atoms with Gasteiger partial charge in [0.25, 0.3) is 11.8 Å². The zero-order chi connectivity index (χ0) is 22.9. The molecule has 0 aliphatic heterocycles. The van der Waals surface area contributed by atoms with Crippen LogP contribution in [0.4, 0.5) is 5.69 Å². The van der Waals surface area contributed by atoms with Gasteiger partial charge in [0, 0.05) is 17.8 Å². The first kappa shape index (κ1) is 23.9. The van der Waals surface area contributed by atoms with Crippen molar-refractivity contribution in [2.75, 3.05) is 25.1 Å². The summed E-state index contributed by atoms with van der Waals surface area (Å²) in [4.78, 5) is 35.7. The molecule has 166 valence electrons. The highest BCUT2D eigenvalue weighted by atomic mass is 16.5. The summed E-state index contributed by atoms with van der Waals surface area (Å²) in [5.74, 6) is -0.568. The normalized spacial score (nSPS) is 10.8. The van der Waals surface area contributed by atoms with Crippen molar-refractivity contribution in [2.24, 2.45) is 0 Å². The summed E-state index contributed by atoms with van der Waals surface area (Å²) in [6.45, 7) is 8.48. The van der Waals surface area contributed by atoms with Gasteiger partial charge in [-0.2, -0.15) is 0 Å². The second-order valence-electron chi connectivity index (χ2n) is 8.02. The quantitative estimate of drug-likeness (QED) is 0.597. The van der Waals surface area contributed by atoms with E-state index in [-0.39, 0.29) is 24.3 Å². The Morgan fingerprint density at radius 3 is 2.35 bits per heavy atom. The Labute approximate surface area is 183 Å². The fourth-order valence-electron chi connectivity index (χ4n) is 2.72. The number of nitrogens with one attached hydrogen (secondary N) is 2. The largest absolute Gasteiger partial charge is 0.493 e. The first-order valence-corrected chi connectivity index (χ1v) is 10.3. The molecule has 0 radical (unpaired) electrons. The van der Waals surface area contributed by atoms with Gasteiger partial charge in [0.05, 0.1) is 13.0 Å². The predicted molar refractivity (Wildman–Crippen MR) is 119 cm³/mol. The van der Waals surface area contributed by atoms with Crippen LogP contribution in [-0.2, 0) is 19.7 Å². The van der Waals surface area contributed by atoms with Gasteiger partial charge in [-0.25, -0.2) is 0 Å². The Kier molecular flexibility index (Phi) is 8.61. The standard InChI is InChI=1S/C24H30N2O5/c1-5-25-23(29)17-7-6-8-19(15-17)26-21(27)16-31-22(28)13-14-30-20-11-9-18(10-12-20)24(2,3)4/h6-12,15H,5,13-14,16H2,1-4H3,(H,25,29)(H,26,27). The molecule has 0 saturated heterocycles. The van der Waals surface area contributed by atoms with Crippen LogP contribution in [0.2, 0.25) is 0 Å². The van der Waals surface area contributed by atoms with Crippen molar-refractivity contribution in [1.29, 1.82) is 0 Å². The Morgan fingerprint density at radius 1 is 1.00 bits per heavy atom. The maximum Gasteiger partial charge on any atom is 0.309 e. The van der Waals surface area contributed by atoms with Crippen LogP contribution in [0, 0.1) is 0 Å². The fraction of sp³-hybridized carbons (Fsp3) is 0.375. The molecule has 0 unspecified atom stereocenters. The smallest absolute Gasteiger partial charge is 0.309 e. The summed E-state index contributed by atoms with van der Waals surface area (Å²) in [6.07, 6.45) is 0.0287. The van der Waals surface area contributed by atoms with Gasteiger partial charge in [-0.05, 0) is 48.2 Å². The number of hydrogen-bond donors (Lipinski definition) is 2. The molecule has 0 aromatic heterocycles. The minimum Gasteiger partial charge on any atom is -0.493 e. The van der Waals surface area contributed by atoms with Crippen molar-refractivity contribution in [3.8, 4) is 5.75 Å². The highest BCUT2D eigenvalue weighted by molar-refractivity contribution is 5.97. The third-order valence-corrected chi connectivity index (χ3v) is 4.41. The lowest BCUT2D eigenvalue weighted by Gasteiger charge is -2.19. The molecular weight excluding hydrogens is 396 g/mol. The predicted octanol–water partition coefficient (Wildman–Crippen LogP) is 3.68. The number of benzene rings is 2. The van der Waals surface area contributed by atoms with Gasteiger partial charge in [-0.15, -0.1) is 0 Å². The number of rotatable bonds is 9. The maximum absolute atomic E-state index is 12.0. The molecule has 0 saturated carbocycles. The number of carbonyl (C=O) groups is 3. The van der Waals surface area contributed by atoms with E-state index in [9.17, 15) is 14.4 Å². The molecule has 0 spiro atoms. The summed E-state index contributed by atoms with van der Waals surface area (Å²) >= 11 is 0. The first-order chi connectivity index (χ1) is 14.7. The Balaban J connectivity index is 1.72. The second kappa shape index (κ2) is 11.2. The van der Waals surface area contributed by atoms with Crippen molar-refractivity contribution in [3.05, 3.63) is 59.7 Å². The molecule has 31 heavy (non-hydrogen) atoms. The van der Waals surface area contributed by atoms with Crippen molar-refractivity contribution in [3.63, 3.8) is 0 Å². The Hall–Kier alpha value is -3.35. The van der Waals surface area contributed by atoms with E-state index in [0.29, 0.717) is 23.5 Å². The van der Waals surface area contributed by atoms with Crippen LogP contribution >= 0.6 is 0 Å². The molecule has 0 aliphatic rings. The molecule has 2 aromatic rings. The molecule has 2 amide bonds. The van der Waals surface area contributed by atoms with Gasteiger partial charge in [-0.3, -0.25) is 14.4 Å². The number of hydrogen-bond acceptors (Lipinski definition) is 5. The van der Waals surface area contributed by atoms with Crippen LogP contribution in [0.3, 0.4) is 0 Å². The monoisotopic (exact) mass is 426 g/mol. The topological polar surface area (TPSA) is 93.7 Å². The molecule has 0 fully saturated rings. The third kappa shape index (κ3) is 8.12. The molecule has 0 aliphatic carbocycles. The van der Waals surface area contributed by atoms with E-state index in [0.717, 1.165) is 0 Å². The van der Waals surface area contributed by atoms with Crippen molar-refractivity contribution in [1.82, 2.24) is 5.32 Å². The SMILES string of the molecule is CCNC(=O)c1cccc(NC(=O)COC(=O)CCOc2ccc(C(C)(C)C)cc2)c1. The van der Waals surface area contributed by atoms with Gasteiger partial charge < -0.3 is 20.1 Å². The van der Waals surface area contributed by atoms with Crippen molar-refractivity contribution >= 4 is 23.5 Å². The van der Waals surface area contributed by atoms with Gasteiger partial charge >= 0.3 is 5.97 Å².